The first-order valence-corrected chi connectivity index (χ1v) is 9.87. The maximum atomic E-state index is 12.4. The summed E-state index contributed by atoms with van der Waals surface area (Å²) in [6, 6.07) is 12.0. The molecule has 1 aliphatic heterocycles. The van der Waals surface area contributed by atoms with Crippen LogP contribution in [0.1, 0.15) is 29.5 Å². The number of aromatic nitrogens is 1. The molecule has 6 heteroatoms. The lowest BCUT2D eigenvalue weighted by Crippen LogP contribution is -2.30. The lowest BCUT2D eigenvalue weighted by molar-refractivity contribution is -0.121. The summed E-state index contributed by atoms with van der Waals surface area (Å²) in [4.78, 5) is 29.2. The van der Waals surface area contributed by atoms with Crippen molar-refractivity contribution in [2.24, 2.45) is 5.92 Å². The first-order valence-electron chi connectivity index (χ1n) is 9.06. The average molecular weight is 379 g/mol. The van der Waals surface area contributed by atoms with Gasteiger partial charge in [0, 0.05) is 18.0 Å². The van der Waals surface area contributed by atoms with E-state index in [0.717, 1.165) is 27.0 Å². The molecule has 0 radical (unpaired) electrons. The zero-order valence-corrected chi connectivity index (χ0v) is 16.2. The molecule has 2 N–H and O–H groups in total. The number of benzene rings is 2. The quantitative estimate of drug-likeness (QED) is 0.704. The van der Waals surface area contributed by atoms with Crippen molar-refractivity contribution in [3.63, 3.8) is 0 Å². The molecule has 0 aliphatic carbocycles. The molecular weight excluding hydrogens is 358 g/mol. The van der Waals surface area contributed by atoms with Crippen LogP contribution in [0.5, 0.6) is 0 Å². The van der Waals surface area contributed by atoms with Crippen LogP contribution in [0.25, 0.3) is 10.2 Å². The molecule has 138 valence electrons. The predicted octanol–water partition coefficient (Wildman–Crippen LogP) is 4.44. The van der Waals surface area contributed by atoms with E-state index < -0.39 is 0 Å². The number of carbonyl (C=O) groups excluding carboxylic acids is 2. The molecule has 0 saturated carbocycles. The van der Waals surface area contributed by atoms with E-state index in [2.05, 4.69) is 34.7 Å². The second-order valence-electron chi connectivity index (χ2n) is 7.08. The third-order valence-corrected chi connectivity index (χ3v) is 5.83. The van der Waals surface area contributed by atoms with Crippen LogP contribution in [0.4, 0.5) is 10.8 Å². The molecule has 1 unspecified atom stereocenters. The molecule has 0 spiro atoms. The summed E-state index contributed by atoms with van der Waals surface area (Å²) in [5, 5.41) is 6.43. The average Bonchev–Trinajstić information content (AvgIpc) is 3.02. The number of hydrogen-bond acceptors (Lipinski definition) is 4. The van der Waals surface area contributed by atoms with Gasteiger partial charge in [0.25, 0.3) is 0 Å². The van der Waals surface area contributed by atoms with Gasteiger partial charge in [0.1, 0.15) is 0 Å². The van der Waals surface area contributed by atoms with E-state index >= 15 is 0 Å². The van der Waals surface area contributed by atoms with Gasteiger partial charge in [-0.2, -0.15) is 0 Å². The van der Waals surface area contributed by atoms with E-state index in [9.17, 15) is 9.59 Å². The molecule has 27 heavy (non-hydrogen) atoms. The number of aryl methyl sites for hydroxylation is 2. The molecule has 2 amide bonds. The largest absolute Gasteiger partial charge is 0.326 e. The highest BCUT2D eigenvalue weighted by Crippen LogP contribution is 2.30. The van der Waals surface area contributed by atoms with Gasteiger partial charge in [-0.3, -0.25) is 9.59 Å². The van der Waals surface area contributed by atoms with Crippen molar-refractivity contribution in [2.45, 2.75) is 33.1 Å². The standard InChI is InChI=1S/C21H21N3O2S/c1-12-9-13(2)19-17(10-12)27-21(24-19)23-18(25)8-7-15-11-14-5-3-4-6-16(14)22-20(15)26/h3-6,9-10,15H,7-8,11H2,1-2H3,(H,22,26)(H,23,24,25). The fourth-order valence-electron chi connectivity index (χ4n) is 3.56. The molecule has 1 aromatic heterocycles. The second-order valence-corrected chi connectivity index (χ2v) is 8.11. The maximum Gasteiger partial charge on any atom is 0.227 e. The van der Waals surface area contributed by atoms with E-state index in [1.807, 2.05) is 31.2 Å². The Morgan fingerprint density at radius 2 is 2.11 bits per heavy atom. The minimum atomic E-state index is -0.175. The van der Waals surface area contributed by atoms with E-state index in [-0.39, 0.29) is 17.7 Å². The predicted molar refractivity (Wildman–Crippen MR) is 109 cm³/mol. The van der Waals surface area contributed by atoms with Gasteiger partial charge in [-0.1, -0.05) is 35.6 Å². The Kier molecular flexibility index (Phi) is 4.66. The van der Waals surface area contributed by atoms with Crippen molar-refractivity contribution in [1.82, 2.24) is 4.98 Å². The van der Waals surface area contributed by atoms with E-state index in [1.54, 1.807) is 0 Å². The third kappa shape index (κ3) is 3.71. The van der Waals surface area contributed by atoms with Crippen molar-refractivity contribution in [2.75, 3.05) is 10.6 Å². The lowest BCUT2D eigenvalue weighted by atomic mass is 9.89. The molecule has 1 atom stereocenters. The summed E-state index contributed by atoms with van der Waals surface area (Å²) >= 11 is 1.48. The highest BCUT2D eigenvalue weighted by Gasteiger charge is 2.26. The highest BCUT2D eigenvalue weighted by atomic mass is 32.1. The van der Waals surface area contributed by atoms with Crippen molar-refractivity contribution >= 4 is 44.2 Å². The highest BCUT2D eigenvalue weighted by molar-refractivity contribution is 7.22. The van der Waals surface area contributed by atoms with Crippen LogP contribution in [-0.2, 0) is 16.0 Å². The number of carbonyl (C=O) groups is 2. The van der Waals surface area contributed by atoms with E-state index in [0.29, 0.717) is 24.4 Å². The fraction of sp³-hybridized carbons (Fsp3) is 0.286. The molecule has 2 aromatic carbocycles. The van der Waals surface area contributed by atoms with Gasteiger partial charge < -0.3 is 10.6 Å². The molecule has 0 saturated heterocycles. The van der Waals surface area contributed by atoms with Gasteiger partial charge in [-0.05, 0) is 55.5 Å². The van der Waals surface area contributed by atoms with Crippen LogP contribution in [-0.4, -0.2) is 16.8 Å². The molecule has 1 aliphatic rings. The maximum absolute atomic E-state index is 12.4. The van der Waals surface area contributed by atoms with Crippen LogP contribution >= 0.6 is 11.3 Å². The Morgan fingerprint density at radius 1 is 1.30 bits per heavy atom. The first kappa shape index (κ1) is 17.7. The minimum absolute atomic E-state index is 0.00686. The van der Waals surface area contributed by atoms with Crippen LogP contribution in [0.3, 0.4) is 0 Å². The first-order chi connectivity index (χ1) is 13.0. The van der Waals surface area contributed by atoms with Crippen LogP contribution in [0.2, 0.25) is 0 Å². The van der Waals surface area contributed by atoms with Crippen molar-refractivity contribution in [3.05, 3.63) is 53.1 Å². The molecule has 2 heterocycles. The minimum Gasteiger partial charge on any atom is -0.326 e. The molecule has 5 nitrogen and oxygen atoms in total. The van der Waals surface area contributed by atoms with Gasteiger partial charge in [0.15, 0.2) is 5.13 Å². The van der Waals surface area contributed by atoms with Crippen LogP contribution in [0.15, 0.2) is 36.4 Å². The van der Waals surface area contributed by atoms with Crippen LogP contribution in [0, 0.1) is 19.8 Å². The topological polar surface area (TPSA) is 71.1 Å². The molecular formula is C21H21N3O2S. The Morgan fingerprint density at radius 3 is 2.96 bits per heavy atom. The molecule has 3 aromatic rings. The van der Waals surface area contributed by atoms with Crippen molar-refractivity contribution in [3.8, 4) is 0 Å². The lowest BCUT2D eigenvalue weighted by Gasteiger charge is -2.24. The summed E-state index contributed by atoms with van der Waals surface area (Å²) in [7, 11) is 0. The van der Waals surface area contributed by atoms with Gasteiger partial charge in [0.2, 0.25) is 11.8 Å². The number of para-hydroxylation sites is 1. The number of nitrogens with one attached hydrogen (secondary N) is 2. The second kappa shape index (κ2) is 7.12. The number of anilines is 2. The van der Waals surface area contributed by atoms with Gasteiger partial charge in [-0.25, -0.2) is 4.98 Å². The van der Waals surface area contributed by atoms with E-state index in [1.165, 1.54) is 16.9 Å². The normalized spacial score (nSPS) is 16.1. The smallest absolute Gasteiger partial charge is 0.227 e. The van der Waals surface area contributed by atoms with Gasteiger partial charge in [0.05, 0.1) is 10.2 Å². The number of nitrogens with zero attached hydrogens (tertiary/aromatic N) is 1. The van der Waals surface area contributed by atoms with Gasteiger partial charge >= 0.3 is 0 Å². The summed E-state index contributed by atoms with van der Waals surface area (Å²) in [5.41, 5.74) is 5.23. The summed E-state index contributed by atoms with van der Waals surface area (Å²) in [6.45, 7) is 4.08. The number of fused-ring (bicyclic) bond motifs is 2. The molecule has 0 fully saturated rings. The van der Waals surface area contributed by atoms with E-state index in [4.69, 9.17) is 0 Å². The summed E-state index contributed by atoms with van der Waals surface area (Å²) < 4.78 is 1.08. The monoisotopic (exact) mass is 379 g/mol. The summed E-state index contributed by atoms with van der Waals surface area (Å²) in [5.74, 6) is -0.284. The number of hydrogen-bond donors (Lipinski definition) is 2. The van der Waals surface area contributed by atoms with Crippen molar-refractivity contribution in [1.29, 1.82) is 0 Å². The van der Waals surface area contributed by atoms with Gasteiger partial charge in [-0.15, -0.1) is 0 Å². The van der Waals surface area contributed by atoms with Crippen molar-refractivity contribution < 1.29 is 9.59 Å². The summed E-state index contributed by atoms with van der Waals surface area (Å²) in [6.07, 6.45) is 1.50. The molecule has 0 bridgehead atoms. The molecule has 4 rings (SSSR count). The number of rotatable bonds is 4. The fourth-order valence-corrected chi connectivity index (χ4v) is 4.62. The zero-order chi connectivity index (χ0) is 19.0. The Balaban J connectivity index is 1.39. The van der Waals surface area contributed by atoms with Crippen LogP contribution < -0.4 is 10.6 Å². The number of thiazole rings is 1. The Hall–Kier alpha value is -2.73. The SMILES string of the molecule is Cc1cc(C)c2nc(NC(=O)CCC3Cc4ccccc4NC3=O)sc2c1. The Bertz CT molecular complexity index is 1040. The zero-order valence-electron chi connectivity index (χ0n) is 15.3. The Labute approximate surface area is 161 Å². The third-order valence-electron chi connectivity index (χ3n) is 4.91. The number of amides is 2.